The van der Waals surface area contributed by atoms with Crippen molar-refractivity contribution < 1.29 is 9.47 Å². The number of benzene rings is 1. The molecule has 0 radical (unpaired) electrons. The van der Waals surface area contributed by atoms with Crippen molar-refractivity contribution in [2.24, 2.45) is 0 Å². The van der Waals surface area contributed by atoms with Crippen molar-refractivity contribution in [2.75, 3.05) is 14.2 Å². The topological polar surface area (TPSA) is 44.2 Å². The highest BCUT2D eigenvalue weighted by Crippen LogP contribution is 2.23. The minimum absolute atomic E-state index is 0.465. The normalized spacial score (nSPS) is 10.9. The highest BCUT2D eigenvalue weighted by molar-refractivity contribution is 14.1. The Labute approximate surface area is 120 Å². The van der Waals surface area contributed by atoms with E-state index in [9.17, 15) is 0 Å². The second kappa shape index (κ2) is 6.21. The van der Waals surface area contributed by atoms with Crippen molar-refractivity contribution in [3.63, 3.8) is 0 Å². The third kappa shape index (κ3) is 2.85. The van der Waals surface area contributed by atoms with E-state index in [1.807, 2.05) is 24.3 Å². The number of methoxy groups -OCH3 is 2. The molecule has 2 aromatic rings. The van der Waals surface area contributed by atoms with E-state index < -0.39 is 6.29 Å². The molecule has 0 saturated carbocycles. The van der Waals surface area contributed by atoms with Crippen LogP contribution in [0.4, 0.5) is 0 Å². The summed E-state index contributed by atoms with van der Waals surface area (Å²) in [7, 11) is 3.17. The van der Waals surface area contributed by atoms with E-state index in [-0.39, 0.29) is 0 Å². The van der Waals surface area contributed by atoms with Crippen LogP contribution in [0.2, 0.25) is 0 Å². The average molecular weight is 356 g/mol. The quantitative estimate of drug-likeness (QED) is 0.624. The van der Waals surface area contributed by atoms with Crippen LogP contribution in [0.15, 0.2) is 36.5 Å². The van der Waals surface area contributed by atoms with Crippen LogP contribution in [0.1, 0.15) is 12.0 Å². The summed E-state index contributed by atoms with van der Waals surface area (Å²) in [6.07, 6.45) is 1.25. The summed E-state index contributed by atoms with van der Waals surface area (Å²) in [5.41, 5.74) is 1.72. The van der Waals surface area contributed by atoms with Gasteiger partial charge >= 0.3 is 0 Å². The number of ether oxygens (including phenoxy) is 2. The number of hydrogen-bond donors (Lipinski definition) is 0. The SMILES string of the molecule is COC(OC)c1ccnc(-c2ccccc2I)n1. The zero-order valence-corrected chi connectivity index (χ0v) is 12.3. The molecule has 2 rings (SSSR count). The Hall–Kier alpha value is -1.05. The van der Waals surface area contributed by atoms with Gasteiger partial charge in [-0.3, -0.25) is 0 Å². The number of aromatic nitrogens is 2. The highest BCUT2D eigenvalue weighted by Gasteiger charge is 2.13. The molecule has 0 aliphatic heterocycles. The second-order valence-electron chi connectivity index (χ2n) is 3.59. The summed E-state index contributed by atoms with van der Waals surface area (Å²) in [5, 5.41) is 0. The Morgan fingerprint density at radius 3 is 2.50 bits per heavy atom. The summed E-state index contributed by atoms with van der Waals surface area (Å²) < 4.78 is 11.5. The van der Waals surface area contributed by atoms with Gasteiger partial charge in [0, 0.05) is 29.6 Å². The lowest BCUT2D eigenvalue weighted by Crippen LogP contribution is -2.07. The van der Waals surface area contributed by atoms with Gasteiger partial charge in [-0.1, -0.05) is 18.2 Å². The van der Waals surface area contributed by atoms with E-state index >= 15 is 0 Å². The van der Waals surface area contributed by atoms with E-state index in [0.717, 1.165) is 9.13 Å². The summed E-state index contributed by atoms with van der Waals surface area (Å²) >= 11 is 2.27. The molecule has 1 aromatic heterocycles. The molecule has 0 unspecified atom stereocenters. The molecule has 5 heteroatoms. The van der Waals surface area contributed by atoms with Crippen LogP contribution in [-0.4, -0.2) is 24.2 Å². The summed E-state index contributed by atoms with van der Waals surface area (Å²) in [5.74, 6) is 0.677. The summed E-state index contributed by atoms with van der Waals surface area (Å²) in [6.45, 7) is 0. The minimum atomic E-state index is -0.465. The molecular formula is C13H13IN2O2. The molecule has 0 bridgehead atoms. The van der Waals surface area contributed by atoms with Gasteiger partial charge in [-0.2, -0.15) is 0 Å². The first-order valence-corrected chi connectivity index (χ1v) is 6.47. The lowest BCUT2D eigenvalue weighted by atomic mass is 10.2. The van der Waals surface area contributed by atoms with E-state index in [2.05, 4.69) is 32.6 Å². The first-order chi connectivity index (χ1) is 8.76. The van der Waals surface area contributed by atoms with E-state index in [4.69, 9.17) is 9.47 Å². The van der Waals surface area contributed by atoms with E-state index in [1.165, 1.54) is 0 Å². The monoisotopic (exact) mass is 356 g/mol. The molecular weight excluding hydrogens is 343 g/mol. The predicted octanol–water partition coefficient (Wildman–Crippen LogP) is 3.04. The van der Waals surface area contributed by atoms with Gasteiger partial charge < -0.3 is 9.47 Å². The molecule has 94 valence electrons. The standard InChI is InChI=1S/C13H13IN2O2/c1-17-13(18-2)11-7-8-15-12(16-11)9-5-3-4-6-10(9)14/h3-8,13H,1-2H3. The Balaban J connectivity index is 2.42. The molecule has 0 saturated heterocycles. The molecule has 0 fully saturated rings. The maximum Gasteiger partial charge on any atom is 0.200 e. The van der Waals surface area contributed by atoms with Crippen LogP contribution in [0, 0.1) is 3.57 Å². The van der Waals surface area contributed by atoms with Crippen molar-refractivity contribution in [1.82, 2.24) is 9.97 Å². The molecule has 0 N–H and O–H groups in total. The molecule has 1 heterocycles. The van der Waals surface area contributed by atoms with Gasteiger partial charge in [-0.05, 0) is 34.7 Å². The minimum Gasteiger partial charge on any atom is -0.350 e. The van der Waals surface area contributed by atoms with E-state index in [1.54, 1.807) is 26.5 Å². The van der Waals surface area contributed by atoms with Gasteiger partial charge in [0.15, 0.2) is 5.82 Å². The number of rotatable bonds is 4. The molecule has 1 aromatic carbocycles. The fraction of sp³-hybridized carbons (Fsp3) is 0.231. The van der Waals surface area contributed by atoms with Crippen LogP contribution in [0.25, 0.3) is 11.4 Å². The first-order valence-electron chi connectivity index (χ1n) is 5.39. The van der Waals surface area contributed by atoms with Crippen molar-refractivity contribution >= 4 is 22.6 Å². The third-order valence-corrected chi connectivity index (χ3v) is 3.40. The molecule has 0 atom stereocenters. The molecule has 18 heavy (non-hydrogen) atoms. The Morgan fingerprint density at radius 1 is 1.11 bits per heavy atom. The fourth-order valence-electron chi connectivity index (χ4n) is 1.61. The van der Waals surface area contributed by atoms with Crippen LogP contribution in [-0.2, 0) is 9.47 Å². The van der Waals surface area contributed by atoms with Gasteiger partial charge in [-0.15, -0.1) is 0 Å². The maximum absolute atomic E-state index is 5.19. The summed E-state index contributed by atoms with van der Waals surface area (Å²) in [4.78, 5) is 8.77. The van der Waals surface area contributed by atoms with Crippen molar-refractivity contribution in [3.8, 4) is 11.4 Å². The zero-order chi connectivity index (χ0) is 13.0. The molecule has 0 spiro atoms. The zero-order valence-electron chi connectivity index (χ0n) is 10.1. The highest BCUT2D eigenvalue weighted by atomic mass is 127. The van der Waals surface area contributed by atoms with Crippen molar-refractivity contribution in [3.05, 3.63) is 45.8 Å². The van der Waals surface area contributed by atoms with Gasteiger partial charge in [0.25, 0.3) is 0 Å². The lowest BCUT2D eigenvalue weighted by molar-refractivity contribution is -0.108. The van der Waals surface area contributed by atoms with Crippen LogP contribution >= 0.6 is 22.6 Å². The van der Waals surface area contributed by atoms with Crippen LogP contribution < -0.4 is 0 Å². The summed E-state index contributed by atoms with van der Waals surface area (Å²) in [6, 6.07) is 9.77. The molecule has 0 aliphatic rings. The number of nitrogens with zero attached hydrogens (tertiary/aromatic N) is 2. The number of hydrogen-bond acceptors (Lipinski definition) is 4. The van der Waals surface area contributed by atoms with Crippen LogP contribution in [0.3, 0.4) is 0 Å². The largest absolute Gasteiger partial charge is 0.350 e. The number of halogens is 1. The Bertz CT molecular complexity index is 530. The van der Waals surface area contributed by atoms with Gasteiger partial charge in [0.05, 0.1) is 0 Å². The molecule has 4 nitrogen and oxygen atoms in total. The Morgan fingerprint density at radius 2 is 1.83 bits per heavy atom. The van der Waals surface area contributed by atoms with Crippen molar-refractivity contribution in [1.29, 1.82) is 0 Å². The van der Waals surface area contributed by atoms with E-state index in [0.29, 0.717) is 11.5 Å². The average Bonchev–Trinajstić information content (AvgIpc) is 2.41. The van der Waals surface area contributed by atoms with Gasteiger partial charge in [0.2, 0.25) is 6.29 Å². The van der Waals surface area contributed by atoms with Gasteiger partial charge in [-0.25, -0.2) is 9.97 Å². The van der Waals surface area contributed by atoms with Crippen molar-refractivity contribution in [2.45, 2.75) is 6.29 Å². The lowest BCUT2D eigenvalue weighted by Gasteiger charge is -2.13. The molecule has 0 aliphatic carbocycles. The predicted molar refractivity (Wildman–Crippen MR) is 76.9 cm³/mol. The van der Waals surface area contributed by atoms with Gasteiger partial charge in [0.1, 0.15) is 5.69 Å². The third-order valence-electron chi connectivity index (χ3n) is 2.46. The fourth-order valence-corrected chi connectivity index (χ4v) is 2.24. The first kappa shape index (κ1) is 13.4. The maximum atomic E-state index is 5.19. The Kier molecular flexibility index (Phi) is 4.62. The second-order valence-corrected chi connectivity index (χ2v) is 4.75. The van der Waals surface area contributed by atoms with Crippen LogP contribution in [0.5, 0.6) is 0 Å². The molecule has 0 amide bonds. The smallest absolute Gasteiger partial charge is 0.200 e.